The molecule has 1 aliphatic heterocycles. The van der Waals surface area contributed by atoms with E-state index in [-0.39, 0.29) is 22.6 Å². The summed E-state index contributed by atoms with van der Waals surface area (Å²) in [5.74, 6) is -2.13. The summed E-state index contributed by atoms with van der Waals surface area (Å²) < 4.78 is 23.4. The van der Waals surface area contributed by atoms with Crippen LogP contribution in [0.5, 0.6) is 0 Å². The van der Waals surface area contributed by atoms with Crippen LogP contribution in [0.15, 0.2) is 47.3 Å². The first-order valence-electron chi connectivity index (χ1n) is 11.5. The largest absolute Gasteiger partial charge is 0.456 e. The number of ether oxygens (including phenoxy) is 4. The first-order chi connectivity index (χ1) is 18.1. The lowest BCUT2D eigenvalue weighted by atomic mass is 9.99. The Balaban J connectivity index is 1.97. The molecule has 0 radical (unpaired) electrons. The van der Waals surface area contributed by atoms with Crippen molar-refractivity contribution < 1.29 is 33.3 Å². The van der Waals surface area contributed by atoms with Crippen molar-refractivity contribution in [2.24, 2.45) is 0 Å². The van der Waals surface area contributed by atoms with Gasteiger partial charge in [0, 0.05) is 26.3 Å². The van der Waals surface area contributed by atoms with Gasteiger partial charge in [-0.3, -0.25) is 28.7 Å². The van der Waals surface area contributed by atoms with Gasteiger partial charge in [-0.1, -0.05) is 36.4 Å². The molecule has 4 rings (SSSR count). The number of nitriles is 1. The van der Waals surface area contributed by atoms with Crippen molar-refractivity contribution in [3.63, 3.8) is 0 Å². The van der Waals surface area contributed by atoms with Crippen LogP contribution in [-0.4, -0.2) is 52.4 Å². The number of nitrogens with one attached hydrogen (secondary N) is 1. The second-order valence-corrected chi connectivity index (χ2v) is 8.93. The molecule has 3 aromatic rings. The summed E-state index contributed by atoms with van der Waals surface area (Å²) in [6.45, 7) is 3.21. The topological polar surface area (TPSA) is 150 Å². The average molecular weight is 538 g/mol. The monoisotopic (exact) mass is 537 g/mol. The molecule has 38 heavy (non-hydrogen) atoms. The highest BCUT2D eigenvalue weighted by Crippen LogP contribution is 2.35. The van der Waals surface area contributed by atoms with Gasteiger partial charge in [0.25, 0.3) is 5.56 Å². The molecule has 1 fully saturated rings. The Bertz CT molecular complexity index is 1590. The Hall–Kier alpha value is -4.34. The predicted molar refractivity (Wildman–Crippen MR) is 135 cm³/mol. The van der Waals surface area contributed by atoms with Crippen molar-refractivity contribution in [1.29, 1.82) is 5.26 Å². The number of hydrogen-bond acceptors (Lipinski definition) is 10. The molecule has 196 valence electrons. The van der Waals surface area contributed by atoms with Gasteiger partial charge in [-0.2, -0.15) is 5.26 Å². The fourth-order valence-corrected chi connectivity index (χ4v) is 4.75. The molecule has 1 aliphatic rings. The second kappa shape index (κ2) is 11.0. The van der Waals surface area contributed by atoms with Crippen molar-refractivity contribution in [2.75, 3.05) is 6.61 Å². The molecule has 0 unspecified atom stereocenters. The molecule has 1 aromatic heterocycles. The van der Waals surface area contributed by atoms with E-state index in [0.29, 0.717) is 5.56 Å². The number of fused-ring (bicyclic) bond motifs is 1. The molecule has 2 heterocycles. The van der Waals surface area contributed by atoms with Crippen LogP contribution in [0.4, 0.5) is 0 Å². The summed E-state index contributed by atoms with van der Waals surface area (Å²) in [5.41, 5.74) is -0.397. The van der Waals surface area contributed by atoms with Gasteiger partial charge in [0.1, 0.15) is 11.6 Å². The number of aromatic amines is 1. The highest BCUT2D eigenvalue weighted by atomic mass is 32.1. The minimum atomic E-state index is -1.36. The van der Waals surface area contributed by atoms with Crippen LogP contribution in [0.2, 0.25) is 0 Å². The van der Waals surface area contributed by atoms with Crippen molar-refractivity contribution in [3.8, 4) is 17.3 Å². The highest BCUT2D eigenvalue weighted by Gasteiger charge is 2.48. The molecule has 11 nitrogen and oxygen atoms in total. The van der Waals surface area contributed by atoms with Gasteiger partial charge in [-0.15, -0.1) is 0 Å². The number of benzene rings is 2. The van der Waals surface area contributed by atoms with Gasteiger partial charge < -0.3 is 18.9 Å². The number of aromatic nitrogens is 2. The Kier molecular flexibility index (Phi) is 7.70. The van der Waals surface area contributed by atoms with Crippen LogP contribution >= 0.6 is 12.2 Å². The lowest BCUT2D eigenvalue weighted by molar-refractivity contribution is -0.239. The molecule has 0 aliphatic carbocycles. The van der Waals surface area contributed by atoms with Crippen LogP contribution in [0, 0.1) is 16.1 Å². The smallest absolute Gasteiger partial charge is 0.303 e. The SMILES string of the molecule is CC(=O)O[C@@H]1[C@@H](OC(C)=O)[C@H](OC(C)=O)CO[C@H]1n1c(-c2ccc3ccccc3c2)c(C#N)c(=O)[nH]c1=S. The normalized spacial score (nSPS) is 20.8. The standard InChI is InChI=1S/C26H23N3O8S/c1-13(30)35-20-12-34-25(23(37-15(3)32)22(20)36-14(2)31)29-21(19(11-27)24(33)28-26(29)38)18-9-8-16-6-4-5-7-17(16)10-18/h4-10,20,22-23,25H,12H2,1-3H3,(H,28,33,38)/t20-,22+,23-,25-/m1/s1. The lowest BCUT2D eigenvalue weighted by Crippen LogP contribution is -2.55. The van der Waals surface area contributed by atoms with Gasteiger partial charge in [0.05, 0.1) is 12.3 Å². The maximum atomic E-state index is 12.8. The summed E-state index contributed by atoms with van der Waals surface area (Å²) in [7, 11) is 0. The fourth-order valence-electron chi connectivity index (χ4n) is 4.46. The number of rotatable bonds is 5. The van der Waals surface area contributed by atoms with Crippen LogP contribution in [0.1, 0.15) is 32.6 Å². The molecule has 0 bridgehead atoms. The van der Waals surface area contributed by atoms with Crippen molar-refractivity contribution >= 4 is 40.9 Å². The summed E-state index contributed by atoms with van der Waals surface area (Å²) in [6.07, 6.45) is -5.01. The van der Waals surface area contributed by atoms with E-state index in [1.807, 2.05) is 36.4 Å². The van der Waals surface area contributed by atoms with E-state index in [0.717, 1.165) is 24.6 Å². The summed E-state index contributed by atoms with van der Waals surface area (Å²) in [5, 5.41) is 11.7. The predicted octanol–water partition coefficient (Wildman–Crippen LogP) is 2.92. The second-order valence-electron chi connectivity index (χ2n) is 8.55. The van der Waals surface area contributed by atoms with Gasteiger partial charge in [-0.05, 0) is 29.1 Å². The number of carbonyl (C=O) groups excluding carboxylic acids is 3. The number of esters is 3. The Morgan fingerprint density at radius 2 is 1.63 bits per heavy atom. The molecule has 12 heteroatoms. The van der Waals surface area contributed by atoms with E-state index in [2.05, 4.69) is 4.98 Å². The molecule has 0 spiro atoms. The average Bonchev–Trinajstić information content (AvgIpc) is 2.85. The third-order valence-electron chi connectivity index (χ3n) is 5.86. The van der Waals surface area contributed by atoms with E-state index < -0.39 is 48.0 Å². The molecular weight excluding hydrogens is 514 g/mol. The van der Waals surface area contributed by atoms with Gasteiger partial charge in [0.2, 0.25) is 0 Å². The maximum absolute atomic E-state index is 12.8. The molecule has 1 N–H and O–H groups in total. The molecule has 1 saturated heterocycles. The number of carbonyl (C=O) groups is 3. The number of hydrogen-bond donors (Lipinski definition) is 1. The van der Waals surface area contributed by atoms with E-state index in [9.17, 15) is 24.4 Å². The van der Waals surface area contributed by atoms with E-state index in [1.54, 1.807) is 12.1 Å². The van der Waals surface area contributed by atoms with Gasteiger partial charge >= 0.3 is 17.9 Å². The van der Waals surface area contributed by atoms with Crippen LogP contribution in [0.3, 0.4) is 0 Å². The van der Waals surface area contributed by atoms with Crippen LogP contribution < -0.4 is 5.56 Å². The highest BCUT2D eigenvalue weighted by molar-refractivity contribution is 7.71. The maximum Gasteiger partial charge on any atom is 0.303 e. The summed E-state index contributed by atoms with van der Waals surface area (Å²) in [6, 6.07) is 14.8. The minimum absolute atomic E-state index is 0.113. The quantitative estimate of drug-likeness (QED) is 0.292. The molecular formula is C26H23N3O8S. The van der Waals surface area contributed by atoms with Crippen molar-refractivity contribution in [3.05, 3.63) is 63.2 Å². The number of nitrogens with zero attached hydrogens (tertiary/aromatic N) is 2. The zero-order valence-corrected chi connectivity index (χ0v) is 21.4. The minimum Gasteiger partial charge on any atom is -0.456 e. The van der Waals surface area contributed by atoms with Crippen molar-refractivity contribution in [2.45, 2.75) is 45.3 Å². The third kappa shape index (κ3) is 5.34. The molecule has 2 aromatic carbocycles. The fraction of sp³-hybridized carbons (Fsp3) is 0.308. The third-order valence-corrected chi connectivity index (χ3v) is 6.16. The Morgan fingerprint density at radius 3 is 2.26 bits per heavy atom. The molecule has 4 atom stereocenters. The zero-order chi connectivity index (χ0) is 27.6. The Labute approximate surface area is 221 Å². The summed E-state index contributed by atoms with van der Waals surface area (Å²) >= 11 is 5.49. The number of H-pyrrole nitrogens is 1. The van der Waals surface area contributed by atoms with Gasteiger partial charge in [-0.25, -0.2) is 0 Å². The Morgan fingerprint density at radius 1 is 1.00 bits per heavy atom. The zero-order valence-electron chi connectivity index (χ0n) is 20.6. The van der Waals surface area contributed by atoms with E-state index in [4.69, 9.17) is 31.2 Å². The van der Waals surface area contributed by atoms with Crippen molar-refractivity contribution in [1.82, 2.24) is 9.55 Å². The molecule has 0 saturated carbocycles. The lowest BCUT2D eigenvalue weighted by Gasteiger charge is -2.41. The summed E-state index contributed by atoms with van der Waals surface area (Å²) in [4.78, 5) is 51.1. The van der Waals surface area contributed by atoms with E-state index in [1.165, 1.54) is 11.5 Å². The van der Waals surface area contributed by atoms with Gasteiger partial charge in [0.15, 0.2) is 29.3 Å². The van der Waals surface area contributed by atoms with Crippen LogP contribution in [0.25, 0.3) is 22.0 Å². The first kappa shape index (κ1) is 26.7. The first-order valence-corrected chi connectivity index (χ1v) is 11.9. The molecule has 0 amide bonds. The van der Waals surface area contributed by atoms with Crippen LogP contribution in [-0.2, 0) is 33.3 Å². The van der Waals surface area contributed by atoms with E-state index >= 15 is 0 Å².